The first-order valence-electron chi connectivity index (χ1n) is 10.3. The van der Waals surface area contributed by atoms with Crippen LogP contribution in [0.2, 0.25) is 0 Å². The van der Waals surface area contributed by atoms with E-state index in [0.29, 0.717) is 23.8 Å². The molecule has 2 aliphatic rings. The fraction of sp³-hybridized carbons (Fsp3) is 0.364. The van der Waals surface area contributed by atoms with Gasteiger partial charge in [-0.3, -0.25) is 14.6 Å². The van der Waals surface area contributed by atoms with Crippen LogP contribution < -0.4 is 5.32 Å². The molecule has 1 aromatic carbocycles. The van der Waals surface area contributed by atoms with E-state index in [9.17, 15) is 9.59 Å². The van der Waals surface area contributed by atoms with Crippen LogP contribution in [0.5, 0.6) is 0 Å². The molecule has 5 rings (SSSR count). The monoisotopic (exact) mass is 389 g/mol. The summed E-state index contributed by atoms with van der Waals surface area (Å²) < 4.78 is 1.93. The van der Waals surface area contributed by atoms with Gasteiger partial charge in [-0.05, 0) is 44.2 Å². The number of hydrogen-bond acceptors (Lipinski definition) is 4. The number of fused-ring (bicyclic) bond motifs is 2. The molecule has 1 saturated heterocycles. The molecule has 29 heavy (non-hydrogen) atoms. The lowest BCUT2D eigenvalue weighted by molar-refractivity contribution is 0.0786. The van der Waals surface area contributed by atoms with Crippen LogP contribution in [-0.2, 0) is 13.0 Å². The summed E-state index contributed by atoms with van der Waals surface area (Å²) in [6.45, 7) is 2.26. The first-order chi connectivity index (χ1) is 14.2. The number of amides is 2. The zero-order valence-electron chi connectivity index (χ0n) is 16.2. The van der Waals surface area contributed by atoms with Crippen molar-refractivity contribution >= 4 is 28.4 Å². The van der Waals surface area contributed by atoms with Gasteiger partial charge >= 0.3 is 0 Å². The number of anilines is 1. The highest BCUT2D eigenvalue weighted by atomic mass is 16.2. The van der Waals surface area contributed by atoms with Gasteiger partial charge in [0.2, 0.25) is 0 Å². The first kappa shape index (κ1) is 17.8. The van der Waals surface area contributed by atoms with Crippen LogP contribution in [0.3, 0.4) is 0 Å². The molecule has 0 spiro atoms. The van der Waals surface area contributed by atoms with Crippen LogP contribution in [0.15, 0.2) is 36.5 Å². The predicted octanol–water partition coefficient (Wildman–Crippen LogP) is 3.26. The second-order valence-electron chi connectivity index (χ2n) is 7.67. The molecule has 2 amide bonds. The highest BCUT2D eigenvalue weighted by Crippen LogP contribution is 2.25. The van der Waals surface area contributed by atoms with Crippen LogP contribution in [0.25, 0.3) is 10.9 Å². The Kier molecular flexibility index (Phi) is 4.50. The molecule has 7 heteroatoms. The Morgan fingerprint density at radius 1 is 0.966 bits per heavy atom. The topological polar surface area (TPSA) is 80.1 Å². The Balaban J connectivity index is 1.50. The van der Waals surface area contributed by atoms with Gasteiger partial charge < -0.3 is 14.8 Å². The van der Waals surface area contributed by atoms with Crippen LogP contribution in [0.4, 0.5) is 5.69 Å². The highest BCUT2D eigenvalue weighted by Gasteiger charge is 2.31. The second-order valence-corrected chi connectivity index (χ2v) is 7.67. The van der Waals surface area contributed by atoms with E-state index in [0.717, 1.165) is 61.8 Å². The number of rotatable bonds is 3. The summed E-state index contributed by atoms with van der Waals surface area (Å²) in [7, 11) is 0. The molecule has 4 heterocycles. The van der Waals surface area contributed by atoms with E-state index in [1.54, 1.807) is 6.20 Å². The maximum atomic E-state index is 13.1. The summed E-state index contributed by atoms with van der Waals surface area (Å²) in [5.41, 5.74) is 2.73. The molecule has 0 atom stereocenters. The molecule has 0 aliphatic carbocycles. The Morgan fingerprint density at radius 2 is 1.76 bits per heavy atom. The number of aromatic nitrogens is 3. The molecule has 0 radical (unpaired) electrons. The molecular formula is C22H23N5O2. The van der Waals surface area contributed by atoms with Gasteiger partial charge in [-0.15, -0.1) is 0 Å². The molecule has 0 unspecified atom stereocenters. The van der Waals surface area contributed by atoms with Crippen molar-refractivity contribution in [2.45, 2.75) is 38.6 Å². The molecule has 1 fully saturated rings. The van der Waals surface area contributed by atoms with Crippen molar-refractivity contribution in [1.29, 1.82) is 0 Å². The van der Waals surface area contributed by atoms with Crippen LogP contribution >= 0.6 is 0 Å². The van der Waals surface area contributed by atoms with Crippen LogP contribution in [0.1, 0.15) is 52.5 Å². The van der Waals surface area contributed by atoms with Gasteiger partial charge in [0.1, 0.15) is 5.69 Å². The summed E-state index contributed by atoms with van der Waals surface area (Å²) in [6, 6.07) is 9.52. The number of hydrogen-bond donors (Lipinski definition) is 1. The smallest absolute Gasteiger partial charge is 0.291 e. The van der Waals surface area contributed by atoms with Gasteiger partial charge in [-0.25, -0.2) is 4.98 Å². The molecule has 3 aromatic rings. The van der Waals surface area contributed by atoms with Crippen molar-refractivity contribution in [2.75, 3.05) is 18.4 Å². The number of nitrogens with zero attached hydrogens (tertiary/aromatic N) is 4. The quantitative estimate of drug-likeness (QED) is 0.746. The Bertz CT molecular complexity index is 1090. The van der Waals surface area contributed by atoms with Gasteiger partial charge in [-0.2, -0.15) is 0 Å². The minimum Gasteiger partial charge on any atom is -0.337 e. The number of carbonyl (C=O) groups excluding carboxylic acids is 2. The summed E-state index contributed by atoms with van der Waals surface area (Å²) in [4.78, 5) is 36.9. The molecule has 0 bridgehead atoms. The van der Waals surface area contributed by atoms with Gasteiger partial charge in [0.15, 0.2) is 5.82 Å². The molecule has 148 valence electrons. The maximum Gasteiger partial charge on any atom is 0.291 e. The first-order valence-corrected chi connectivity index (χ1v) is 10.3. The van der Waals surface area contributed by atoms with Gasteiger partial charge in [-0.1, -0.05) is 18.2 Å². The molecule has 2 aromatic heterocycles. The average molecular weight is 389 g/mol. The fourth-order valence-electron chi connectivity index (χ4n) is 4.34. The largest absolute Gasteiger partial charge is 0.337 e. The zero-order chi connectivity index (χ0) is 19.8. The van der Waals surface area contributed by atoms with Crippen molar-refractivity contribution in [2.24, 2.45) is 0 Å². The van der Waals surface area contributed by atoms with E-state index in [1.165, 1.54) is 0 Å². The lowest BCUT2D eigenvalue weighted by atomic mass is 10.1. The summed E-state index contributed by atoms with van der Waals surface area (Å²) in [5.74, 6) is -0.0269. The lowest BCUT2D eigenvalue weighted by Gasteiger charge is -2.19. The van der Waals surface area contributed by atoms with Gasteiger partial charge in [0, 0.05) is 31.2 Å². The Morgan fingerprint density at radius 3 is 2.62 bits per heavy atom. The maximum absolute atomic E-state index is 13.1. The van der Waals surface area contributed by atoms with Gasteiger partial charge in [0.05, 0.1) is 16.9 Å². The second kappa shape index (κ2) is 7.31. The van der Waals surface area contributed by atoms with E-state index in [-0.39, 0.29) is 11.8 Å². The zero-order valence-corrected chi connectivity index (χ0v) is 16.2. The van der Waals surface area contributed by atoms with E-state index in [2.05, 4.69) is 15.3 Å². The molecule has 7 nitrogen and oxygen atoms in total. The highest BCUT2D eigenvalue weighted by molar-refractivity contribution is 6.07. The SMILES string of the molecule is O=C(Nc1cccc2cccnc12)c1nc(C(=O)N2CCCC2)c2n1CCCC2. The number of pyridine rings is 1. The van der Waals surface area contributed by atoms with E-state index in [4.69, 9.17) is 0 Å². The van der Waals surface area contributed by atoms with Crippen LogP contribution in [0, 0.1) is 0 Å². The lowest BCUT2D eigenvalue weighted by Crippen LogP contribution is -2.29. The Hall–Kier alpha value is -3.22. The Labute approximate surface area is 168 Å². The van der Waals surface area contributed by atoms with Crippen molar-refractivity contribution in [1.82, 2.24) is 19.4 Å². The number of imidazole rings is 1. The normalized spacial score (nSPS) is 16.1. The fourth-order valence-corrected chi connectivity index (χ4v) is 4.34. The standard InChI is InChI=1S/C22H23N5O2/c28-21(24-16-9-5-7-15-8-6-11-23-18(15)16)20-25-19(17-10-1-2-14-27(17)20)22(29)26-12-3-4-13-26/h5-9,11H,1-4,10,12-14H2,(H,24,28). The number of benzene rings is 1. The summed E-state index contributed by atoms with van der Waals surface area (Å²) in [6.07, 6.45) is 6.55. The van der Waals surface area contributed by atoms with Gasteiger partial charge in [0.25, 0.3) is 11.8 Å². The number of para-hydroxylation sites is 1. The summed E-state index contributed by atoms with van der Waals surface area (Å²) in [5, 5.41) is 3.92. The number of nitrogens with one attached hydrogen (secondary N) is 1. The number of likely N-dealkylation sites (tertiary alicyclic amines) is 1. The molecule has 0 saturated carbocycles. The third-order valence-corrected chi connectivity index (χ3v) is 5.80. The minimum atomic E-state index is -0.299. The van der Waals surface area contributed by atoms with Crippen molar-refractivity contribution in [3.8, 4) is 0 Å². The minimum absolute atomic E-state index is 0.0426. The van der Waals surface area contributed by atoms with Crippen molar-refractivity contribution in [3.05, 3.63) is 53.7 Å². The van der Waals surface area contributed by atoms with Crippen LogP contribution in [-0.4, -0.2) is 44.3 Å². The van der Waals surface area contributed by atoms with E-state index in [1.807, 2.05) is 39.8 Å². The predicted molar refractivity (Wildman–Crippen MR) is 110 cm³/mol. The van der Waals surface area contributed by atoms with E-state index >= 15 is 0 Å². The average Bonchev–Trinajstić information content (AvgIpc) is 3.42. The molecule has 1 N–H and O–H groups in total. The third kappa shape index (κ3) is 3.16. The summed E-state index contributed by atoms with van der Waals surface area (Å²) >= 11 is 0. The third-order valence-electron chi connectivity index (χ3n) is 5.80. The molecule has 2 aliphatic heterocycles. The number of carbonyl (C=O) groups is 2. The van der Waals surface area contributed by atoms with Crippen molar-refractivity contribution in [3.63, 3.8) is 0 Å². The van der Waals surface area contributed by atoms with Crippen molar-refractivity contribution < 1.29 is 9.59 Å². The van der Waals surface area contributed by atoms with E-state index < -0.39 is 0 Å². The molecular weight excluding hydrogens is 366 g/mol.